The third-order valence-corrected chi connectivity index (χ3v) is 3.04. The molecule has 1 atom stereocenters. The molecule has 1 unspecified atom stereocenters. The van der Waals surface area contributed by atoms with E-state index in [1.807, 2.05) is 18.7 Å². The number of piperidine rings is 1. The van der Waals surface area contributed by atoms with E-state index < -0.39 is 0 Å². The first kappa shape index (κ1) is 13.5. The predicted octanol–water partition coefficient (Wildman–Crippen LogP) is 1.01. The van der Waals surface area contributed by atoms with E-state index in [1.165, 1.54) is 6.42 Å². The number of hydrogen-bond donors (Lipinski definition) is 1. The van der Waals surface area contributed by atoms with Gasteiger partial charge in [0.2, 0.25) is 5.91 Å². The predicted molar refractivity (Wildman–Crippen MR) is 64.4 cm³/mol. The van der Waals surface area contributed by atoms with E-state index in [0.29, 0.717) is 25.7 Å². The summed E-state index contributed by atoms with van der Waals surface area (Å²) in [5.41, 5.74) is 0. The highest BCUT2D eigenvalue weighted by molar-refractivity contribution is 5.76. The molecule has 0 radical (unpaired) electrons. The molecule has 0 aromatic rings. The van der Waals surface area contributed by atoms with Crippen molar-refractivity contribution in [2.75, 3.05) is 32.8 Å². The highest BCUT2D eigenvalue weighted by Crippen LogP contribution is 2.11. The summed E-state index contributed by atoms with van der Waals surface area (Å²) in [5, 5.41) is 3.35. The van der Waals surface area contributed by atoms with E-state index in [1.54, 1.807) is 0 Å². The van der Waals surface area contributed by atoms with E-state index in [-0.39, 0.29) is 5.91 Å². The molecule has 1 N–H and O–H groups in total. The van der Waals surface area contributed by atoms with Gasteiger partial charge in [0.05, 0.1) is 13.0 Å². The molecule has 1 rings (SSSR count). The first-order valence-electron chi connectivity index (χ1n) is 6.37. The average molecular weight is 228 g/mol. The molecule has 4 nitrogen and oxygen atoms in total. The molecule has 0 bridgehead atoms. The lowest BCUT2D eigenvalue weighted by Crippen LogP contribution is -2.48. The van der Waals surface area contributed by atoms with Gasteiger partial charge < -0.3 is 15.0 Å². The molecular weight excluding hydrogens is 204 g/mol. The second-order valence-corrected chi connectivity index (χ2v) is 4.13. The molecule has 0 aromatic heterocycles. The number of rotatable bonds is 6. The summed E-state index contributed by atoms with van der Waals surface area (Å²) in [6.45, 7) is 8.06. The van der Waals surface area contributed by atoms with Crippen molar-refractivity contribution in [3.8, 4) is 0 Å². The van der Waals surface area contributed by atoms with Crippen molar-refractivity contribution in [2.45, 2.75) is 39.2 Å². The Hall–Kier alpha value is -0.610. The minimum absolute atomic E-state index is 0.227. The second kappa shape index (κ2) is 7.63. The zero-order valence-corrected chi connectivity index (χ0v) is 10.5. The molecule has 0 aliphatic carbocycles. The number of carbonyl (C=O) groups is 1. The molecule has 1 amide bonds. The molecule has 94 valence electrons. The molecule has 1 fully saturated rings. The summed E-state index contributed by atoms with van der Waals surface area (Å²) in [7, 11) is 0. The van der Waals surface area contributed by atoms with Gasteiger partial charge in [0.15, 0.2) is 0 Å². The third-order valence-electron chi connectivity index (χ3n) is 3.04. The first-order chi connectivity index (χ1) is 7.79. The van der Waals surface area contributed by atoms with Crippen molar-refractivity contribution in [1.82, 2.24) is 10.2 Å². The Morgan fingerprint density at radius 2 is 2.31 bits per heavy atom. The standard InChI is InChI=1S/C12H24N2O2/c1-3-14(11-6-5-8-13-10-11)12(15)7-9-16-4-2/h11,13H,3-10H2,1-2H3. The lowest BCUT2D eigenvalue weighted by molar-refractivity contribution is -0.134. The Morgan fingerprint density at radius 3 is 2.88 bits per heavy atom. The van der Waals surface area contributed by atoms with Crippen LogP contribution in [0.5, 0.6) is 0 Å². The maximum absolute atomic E-state index is 12.0. The van der Waals surface area contributed by atoms with E-state index >= 15 is 0 Å². The van der Waals surface area contributed by atoms with Gasteiger partial charge in [-0.25, -0.2) is 0 Å². The third kappa shape index (κ3) is 4.10. The van der Waals surface area contributed by atoms with Gasteiger partial charge in [-0.1, -0.05) is 0 Å². The fourth-order valence-corrected chi connectivity index (χ4v) is 2.19. The van der Waals surface area contributed by atoms with Crippen LogP contribution in [-0.4, -0.2) is 49.7 Å². The lowest BCUT2D eigenvalue weighted by atomic mass is 10.1. The number of amides is 1. The lowest BCUT2D eigenvalue weighted by Gasteiger charge is -2.34. The smallest absolute Gasteiger partial charge is 0.225 e. The average Bonchev–Trinajstić information content (AvgIpc) is 2.32. The second-order valence-electron chi connectivity index (χ2n) is 4.13. The highest BCUT2D eigenvalue weighted by atomic mass is 16.5. The van der Waals surface area contributed by atoms with E-state index in [9.17, 15) is 4.79 Å². The Labute approximate surface area is 98.3 Å². The van der Waals surface area contributed by atoms with Crippen LogP contribution in [-0.2, 0) is 9.53 Å². The van der Waals surface area contributed by atoms with Crippen LogP contribution in [0, 0.1) is 0 Å². The fourth-order valence-electron chi connectivity index (χ4n) is 2.19. The minimum atomic E-state index is 0.227. The number of carbonyl (C=O) groups excluding carboxylic acids is 1. The molecular formula is C12H24N2O2. The molecule has 1 saturated heterocycles. The summed E-state index contributed by atoms with van der Waals surface area (Å²) in [4.78, 5) is 14.0. The monoisotopic (exact) mass is 228 g/mol. The molecule has 0 spiro atoms. The van der Waals surface area contributed by atoms with Crippen LogP contribution in [0.25, 0.3) is 0 Å². The maximum Gasteiger partial charge on any atom is 0.225 e. The minimum Gasteiger partial charge on any atom is -0.381 e. The number of ether oxygens (including phenoxy) is 1. The Bertz CT molecular complexity index is 203. The van der Waals surface area contributed by atoms with E-state index in [2.05, 4.69) is 5.32 Å². The number of likely N-dealkylation sites (N-methyl/N-ethyl adjacent to an activating group) is 1. The fraction of sp³-hybridized carbons (Fsp3) is 0.917. The molecule has 16 heavy (non-hydrogen) atoms. The molecule has 0 saturated carbocycles. The van der Waals surface area contributed by atoms with Gasteiger partial charge in [-0.05, 0) is 33.2 Å². The van der Waals surface area contributed by atoms with Gasteiger partial charge in [0, 0.05) is 25.7 Å². The van der Waals surface area contributed by atoms with Crippen molar-refractivity contribution >= 4 is 5.91 Å². The SMILES string of the molecule is CCOCCC(=O)N(CC)C1CCCNC1. The van der Waals surface area contributed by atoms with E-state index in [0.717, 1.165) is 26.1 Å². The van der Waals surface area contributed by atoms with Gasteiger partial charge in [0.25, 0.3) is 0 Å². The Balaban J connectivity index is 2.35. The summed E-state index contributed by atoms with van der Waals surface area (Å²) < 4.78 is 5.22. The first-order valence-corrected chi connectivity index (χ1v) is 6.37. The van der Waals surface area contributed by atoms with Crippen LogP contribution in [0.3, 0.4) is 0 Å². The maximum atomic E-state index is 12.0. The zero-order valence-electron chi connectivity index (χ0n) is 10.5. The molecule has 4 heteroatoms. The number of nitrogens with one attached hydrogen (secondary N) is 1. The molecule has 1 aliphatic heterocycles. The van der Waals surface area contributed by atoms with E-state index in [4.69, 9.17) is 4.74 Å². The highest BCUT2D eigenvalue weighted by Gasteiger charge is 2.23. The van der Waals surface area contributed by atoms with Gasteiger partial charge >= 0.3 is 0 Å². The van der Waals surface area contributed by atoms with Gasteiger partial charge in [0.1, 0.15) is 0 Å². The quantitative estimate of drug-likeness (QED) is 0.690. The molecule has 1 aliphatic rings. The zero-order chi connectivity index (χ0) is 11.8. The van der Waals surface area contributed by atoms with Gasteiger partial charge in [-0.2, -0.15) is 0 Å². The summed E-state index contributed by atoms with van der Waals surface area (Å²) in [6, 6.07) is 0.382. The van der Waals surface area contributed by atoms with Gasteiger partial charge in [-0.15, -0.1) is 0 Å². The van der Waals surface area contributed by atoms with Crippen LogP contribution in [0.1, 0.15) is 33.1 Å². The van der Waals surface area contributed by atoms with Crippen LogP contribution < -0.4 is 5.32 Å². The van der Waals surface area contributed by atoms with Crippen LogP contribution in [0.4, 0.5) is 0 Å². The number of hydrogen-bond acceptors (Lipinski definition) is 3. The van der Waals surface area contributed by atoms with Gasteiger partial charge in [-0.3, -0.25) is 4.79 Å². The van der Waals surface area contributed by atoms with Crippen LogP contribution in [0.15, 0.2) is 0 Å². The Morgan fingerprint density at radius 1 is 1.50 bits per heavy atom. The summed E-state index contributed by atoms with van der Waals surface area (Å²) >= 11 is 0. The summed E-state index contributed by atoms with van der Waals surface area (Å²) in [6.07, 6.45) is 2.80. The van der Waals surface area contributed by atoms with Crippen molar-refractivity contribution < 1.29 is 9.53 Å². The summed E-state index contributed by atoms with van der Waals surface area (Å²) in [5.74, 6) is 0.227. The van der Waals surface area contributed by atoms with Crippen LogP contribution >= 0.6 is 0 Å². The topological polar surface area (TPSA) is 41.6 Å². The molecule has 0 aromatic carbocycles. The van der Waals surface area contributed by atoms with Crippen molar-refractivity contribution in [3.05, 3.63) is 0 Å². The molecule has 1 heterocycles. The number of nitrogens with zero attached hydrogens (tertiary/aromatic N) is 1. The van der Waals surface area contributed by atoms with Crippen molar-refractivity contribution in [2.24, 2.45) is 0 Å². The normalized spacial score (nSPS) is 20.8. The Kier molecular flexibility index (Phi) is 6.42. The largest absolute Gasteiger partial charge is 0.381 e. The van der Waals surface area contributed by atoms with Crippen LogP contribution in [0.2, 0.25) is 0 Å². The van der Waals surface area contributed by atoms with Crippen molar-refractivity contribution in [3.63, 3.8) is 0 Å². The van der Waals surface area contributed by atoms with Crippen molar-refractivity contribution in [1.29, 1.82) is 0 Å².